The molecule has 0 N–H and O–H groups in total. The van der Waals surface area contributed by atoms with Gasteiger partial charge in [-0.3, -0.25) is 9.59 Å². The minimum atomic E-state index is -0.580. The van der Waals surface area contributed by atoms with Crippen molar-refractivity contribution < 1.29 is 23.8 Å². The van der Waals surface area contributed by atoms with Crippen LogP contribution in [-0.2, 0) is 23.8 Å². The van der Waals surface area contributed by atoms with Gasteiger partial charge in [0.05, 0.1) is 6.61 Å². The smallest absolute Gasteiger partial charge is 0.306 e. The Morgan fingerprint density at radius 3 is 1.22 bits per heavy atom. The standard InChI is InChI=1S/C53H84O5/c1-4-7-10-13-15-17-19-21-23-25-26-27-29-31-33-35-37-39-42-45-48-56-49-51(58-53(55)47-44-40-12-9-6-3)50-57-52(54)46-43-41-38-36-34-32-30-28-24-22-20-18-16-14-11-8-5-2/h7-8,10-11,15-18,21-24,26-27,30-33,37,39,51H,4-6,9,12-14,19-20,25,28-29,34-36,38,40-50H2,1-3H3/b10-7-,11-8-,17-15-,18-16-,23-21-,24-22-,27-26-,32-30-,33-31-,39-37-. The van der Waals surface area contributed by atoms with E-state index in [9.17, 15) is 9.59 Å². The van der Waals surface area contributed by atoms with Gasteiger partial charge in [-0.1, -0.05) is 181 Å². The SMILES string of the molecule is CC/C=C\C/C=C\C/C=C\C/C=C\C/C=C\C/C=C\CCCOCC(COC(=O)CCCCCC/C=C\C/C=C\C/C=C\C/C=C\CC)OC(=O)CCCCCCC. The molecular weight excluding hydrogens is 717 g/mol. The lowest BCUT2D eigenvalue weighted by Crippen LogP contribution is -2.30. The topological polar surface area (TPSA) is 61.8 Å². The Hall–Kier alpha value is -3.70. The molecule has 0 aromatic rings. The molecule has 58 heavy (non-hydrogen) atoms. The molecule has 0 amide bonds. The van der Waals surface area contributed by atoms with E-state index >= 15 is 0 Å². The highest BCUT2D eigenvalue weighted by Crippen LogP contribution is 2.10. The van der Waals surface area contributed by atoms with E-state index in [4.69, 9.17) is 14.2 Å². The molecule has 0 saturated heterocycles. The number of carbonyl (C=O) groups is 2. The number of unbranched alkanes of at least 4 members (excludes halogenated alkanes) is 9. The highest BCUT2D eigenvalue weighted by atomic mass is 16.6. The van der Waals surface area contributed by atoms with Crippen molar-refractivity contribution in [2.75, 3.05) is 19.8 Å². The fourth-order valence-corrected chi connectivity index (χ4v) is 5.63. The number of hydrogen-bond donors (Lipinski definition) is 0. The molecule has 1 unspecified atom stereocenters. The Balaban J connectivity index is 4.24. The summed E-state index contributed by atoms with van der Waals surface area (Å²) in [5.41, 5.74) is 0. The van der Waals surface area contributed by atoms with Crippen LogP contribution in [0.2, 0.25) is 0 Å². The van der Waals surface area contributed by atoms with Crippen molar-refractivity contribution in [2.24, 2.45) is 0 Å². The lowest BCUT2D eigenvalue weighted by atomic mass is 10.1. The third kappa shape index (κ3) is 45.0. The van der Waals surface area contributed by atoms with Crippen LogP contribution >= 0.6 is 0 Å². The molecule has 1 atom stereocenters. The van der Waals surface area contributed by atoms with E-state index in [1.807, 2.05) is 0 Å². The molecule has 5 heteroatoms. The van der Waals surface area contributed by atoms with Crippen molar-refractivity contribution >= 4 is 11.9 Å². The van der Waals surface area contributed by atoms with Gasteiger partial charge in [0.2, 0.25) is 0 Å². The Kier molecular flexibility index (Phi) is 44.6. The van der Waals surface area contributed by atoms with Gasteiger partial charge in [0, 0.05) is 19.4 Å². The van der Waals surface area contributed by atoms with E-state index in [0.717, 1.165) is 128 Å². The summed E-state index contributed by atoms with van der Waals surface area (Å²) in [6.45, 7) is 7.32. The first kappa shape index (κ1) is 54.3. The van der Waals surface area contributed by atoms with Crippen molar-refractivity contribution in [3.63, 3.8) is 0 Å². The van der Waals surface area contributed by atoms with Gasteiger partial charge in [-0.15, -0.1) is 0 Å². The summed E-state index contributed by atoms with van der Waals surface area (Å²) < 4.78 is 17.1. The molecule has 0 radical (unpaired) electrons. The molecule has 0 aromatic heterocycles. The third-order valence-corrected chi connectivity index (χ3v) is 8.99. The van der Waals surface area contributed by atoms with E-state index in [1.54, 1.807) is 0 Å². The number of carbonyl (C=O) groups excluding carboxylic acids is 2. The van der Waals surface area contributed by atoms with Gasteiger partial charge in [-0.25, -0.2) is 0 Å². The van der Waals surface area contributed by atoms with Crippen LogP contribution in [0.25, 0.3) is 0 Å². The largest absolute Gasteiger partial charge is 0.462 e. The first-order valence-electron chi connectivity index (χ1n) is 23.1. The van der Waals surface area contributed by atoms with Crippen LogP contribution in [0.5, 0.6) is 0 Å². The van der Waals surface area contributed by atoms with Crippen molar-refractivity contribution in [3.8, 4) is 0 Å². The second kappa shape index (κ2) is 47.7. The summed E-state index contributed by atoms with van der Waals surface area (Å²) in [6, 6.07) is 0. The van der Waals surface area contributed by atoms with E-state index in [-0.39, 0.29) is 25.2 Å². The predicted molar refractivity (Wildman–Crippen MR) is 251 cm³/mol. The molecule has 0 aliphatic carbocycles. The minimum absolute atomic E-state index is 0.0411. The second-order valence-corrected chi connectivity index (χ2v) is 14.5. The predicted octanol–water partition coefficient (Wildman–Crippen LogP) is 15.4. The van der Waals surface area contributed by atoms with Crippen LogP contribution in [0.4, 0.5) is 0 Å². The monoisotopic (exact) mass is 801 g/mol. The lowest BCUT2D eigenvalue weighted by Gasteiger charge is -2.18. The molecule has 0 fully saturated rings. The summed E-state index contributed by atoms with van der Waals surface area (Å²) in [5.74, 6) is -0.482. The van der Waals surface area contributed by atoms with Crippen molar-refractivity contribution in [2.45, 2.75) is 181 Å². The Morgan fingerprint density at radius 1 is 0.397 bits per heavy atom. The van der Waals surface area contributed by atoms with Crippen molar-refractivity contribution in [3.05, 3.63) is 122 Å². The van der Waals surface area contributed by atoms with Gasteiger partial charge < -0.3 is 14.2 Å². The van der Waals surface area contributed by atoms with Gasteiger partial charge in [0.25, 0.3) is 0 Å². The van der Waals surface area contributed by atoms with Crippen molar-refractivity contribution in [1.82, 2.24) is 0 Å². The molecule has 0 spiro atoms. The summed E-state index contributed by atoms with van der Waals surface area (Å²) in [4.78, 5) is 25.0. The average Bonchev–Trinajstić information content (AvgIpc) is 3.22. The van der Waals surface area contributed by atoms with Gasteiger partial charge in [-0.2, -0.15) is 0 Å². The number of allylic oxidation sites excluding steroid dienone is 20. The Labute approximate surface area is 356 Å². The highest BCUT2D eigenvalue weighted by Gasteiger charge is 2.17. The number of esters is 2. The zero-order valence-corrected chi connectivity index (χ0v) is 37.3. The van der Waals surface area contributed by atoms with Gasteiger partial charge >= 0.3 is 11.9 Å². The van der Waals surface area contributed by atoms with Crippen LogP contribution in [0.15, 0.2) is 122 Å². The summed E-state index contributed by atoms with van der Waals surface area (Å²) in [7, 11) is 0. The minimum Gasteiger partial charge on any atom is -0.462 e. The van der Waals surface area contributed by atoms with Crippen LogP contribution in [-0.4, -0.2) is 37.9 Å². The molecule has 0 bridgehead atoms. The zero-order chi connectivity index (χ0) is 42.1. The maximum Gasteiger partial charge on any atom is 0.306 e. The number of rotatable bonds is 40. The number of ether oxygens (including phenoxy) is 3. The molecule has 0 saturated carbocycles. The summed E-state index contributed by atoms with van der Waals surface area (Å²) in [6.07, 6.45) is 66.7. The molecule has 0 aliphatic rings. The fourth-order valence-electron chi connectivity index (χ4n) is 5.63. The maximum atomic E-state index is 12.5. The molecule has 0 heterocycles. The highest BCUT2D eigenvalue weighted by molar-refractivity contribution is 5.70. The quantitative estimate of drug-likeness (QED) is 0.0351. The summed E-state index contributed by atoms with van der Waals surface area (Å²) in [5, 5.41) is 0. The van der Waals surface area contributed by atoms with Gasteiger partial charge in [-0.05, 0) is 103 Å². The lowest BCUT2D eigenvalue weighted by molar-refractivity contribution is -0.163. The van der Waals surface area contributed by atoms with E-state index < -0.39 is 6.10 Å². The van der Waals surface area contributed by atoms with Crippen molar-refractivity contribution in [1.29, 1.82) is 0 Å². The zero-order valence-electron chi connectivity index (χ0n) is 37.3. The Morgan fingerprint density at radius 2 is 0.776 bits per heavy atom. The first-order valence-corrected chi connectivity index (χ1v) is 23.1. The molecule has 5 nitrogen and oxygen atoms in total. The molecular formula is C53H84O5. The summed E-state index contributed by atoms with van der Waals surface area (Å²) >= 11 is 0. The van der Waals surface area contributed by atoms with E-state index in [2.05, 4.69) is 142 Å². The first-order chi connectivity index (χ1) is 28.6. The second-order valence-electron chi connectivity index (χ2n) is 14.5. The van der Waals surface area contributed by atoms with Gasteiger partial charge in [0.15, 0.2) is 6.10 Å². The molecule has 0 aromatic carbocycles. The Bertz CT molecular complexity index is 1220. The molecule has 326 valence electrons. The van der Waals surface area contributed by atoms with E-state index in [0.29, 0.717) is 19.4 Å². The average molecular weight is 801 g/mol. The van der Waals surface area contributed by atoms with Gasteiger partial charge in [0.1, 0.15) is 6.61 Å². The van der Waals surface area contributed by atoms with E-state index in [1.165, 1.54) is 12.8 Å². The fraction of sp³-hybridized carbons (Fsp3) is 0.585. The van der Waals surface area contributed by atoms with Crippen LogP contribution in [0.3, 0.4) is 0 Å². The van der Waals surface area contributed by atoms with Crippen LogP contribution < -0.4 is 0 Å². The third-order valence-electron chi connectivity index (χ3n) is 8.99. The number of hydrogen-bond acceptors (Lipinski definition) is 5. The molecule has 0 rings (SSSR count). The molecule has 0 aliphatic heterocycles. The van der Waals surface area contributed by atoms with Crippen LogP contribution in [0.1, 0.15) is 175 Å². The van der Waals surface area contributed by atoms with Crippen LogP contribution in [0, 0.1) is 0 Å². The maximum absolute atomic E-state index is 12.5. The normalized spacial score (nSPS) is 13.4.